The van der Waals surface area contributed by atoms with Gasteiger partial charge in [-0.15, -0.1) is 0 Å². The van der Waals surface area contributed by atoms with Crippen LogP contribution in [0.2, 0.25) is 0 Å². The van der Waals surface area contributed by atoms with Gasteiger partial charge in [0.2, 0.25) is 11.8 Å². The molecule has 1 rings (SSSR count). The van der Waals surface area contributed by atoms with Gasteiger partial charge in [0.15, 0.2) is 0 Å². The highest BCUT2D eigenvalue weighted by molar-refractivity contribution is 5.87. The van der Waals surface area contributed by atoms with Gasteiger partial charge in [-0.2, -0.15) is 0 Å². The van der Waals surface area contributed by atoms with E-state index in [1.54, 1.807) is 0 Å². The first-order chi connectivity index (χ1) is 10.4. The summed E-state index contributed by atoms with van der Waals surface area (Å²) in [6.07, 6.45) is 0.456. The zero-order chi connectivity index (χ0) is 16.5. The molecule has 1 heterocycles. The molecule has 0 aromatic rings. The van der Waals surface area contributed by atoms with Gasteiger partial charge in [0.25, 0.3) is 0 Å². The van der Waals surface area contributed by atoms with Crippen LogP contribution in [0.25, 0.3) is 0 Å². The number of nitrogens with zero attached hydrogens (tertiary/aromatic N) is 1. The zero-order valence-electron chi connectivity index (χ0n) is 14.4. The van der Waals surface area contributed by atoms with Crippen LogP contribution in [0.3, 0.4) is 0 Å². The number of piperazine rings is 1. The lowest BCUT2D eigenvalue weighted by molar-refractivity contribution is -0.130. The molecule has 1 aliphatic heterocycles. The monoisotopic (exact) mass is 312 g/mol. The maximum absolute atomic E-state index is 12.3. The Morgan fingerprint density at radius 2 is 1.77 bits per heavy atom. The lowest BCUT2D eigenvalue weighted by atomic mass is 10.0. The molecule has 1 fully saturated rings. The molecule has 6 nitrogen and oxygen atoms in total. The van der Waals surface area contributed by atoms with Crippen LogP contribution in [0, 0.1) is 11.8 Å². The molecule has 0 aliphatic carbocycles. The molecule has 0 saturated carbocycles. The van der Waals surface area contributed by atoms with Crippen molar-refractivity contribution < 1.29 is 9.59 Å². The molecule has 22 heavy (non-hydrogen) atoms. The highest BCUT2D eigenvalue weighted by Gasteiger charge is 2.24. The topological polar surface area (TPSA) is 73.5 Å². The first kappa shape index (κ1) is 18.9. The van der Waals surface area contributed by atoms with Gasteiger partial charge in [-0.05, 0) is 11.8 Å². The van der Waals surface area contributed by atoms with Crippen molar-refractivity contribution in [2.75, 3.05) is 39.3 Å². The Bertz CT molecular complexity index is 352. The summed E-state index contributed by atoms with van der Waals surface area (Å²) in [4.78, 5) is 26.5. The van der Waals surface area contributed by atoms with E-state index >= 15 is 0 Å². The Balaban J connectivity index is 2.35. The Morgan fingerprint density at radius 3 is 2.32 bits per heavy atom. The van der Waals surface area contributed by atoms with Crippen molar-refractivity contribution in [2.45, 2.75) is 40.2 Å². The van der Waals surface area contributed by atoms with E-state index in [9.17, 15) is 9.59 Å². The molecule has 0 spiro atoms. The van der Waals surface area contributed by atoms with Gasteiger partial charge in [-0.25, -0.2) is 0 Å². The van der Waals surface area contributed by atoms with Crippen molar-refractivity contribution in [2.24, 2.45) is 11.8 Å². The first-order valence-corrected chi connectivity index (χ1v) is 8.40. The number of carbonyl (C=O) groups is 2. The summed E-state index contributed by atoms with van der Waals surface area (Å²) in [6, 6.07) is -0.450. The third-order valence-electron chi connectivity index (χ3n) is 3.80. The maximum atomic E-state index is 12.3. The first-order valence-electron chi connectivity index (χ1n) is 8.40. The second-order valence-electron chi connectivity index (χ2n) is 6.77. The van der Waals surface area contributed by atoms with Crippen LogP contribution in [0.4, 0.5) is 0 Å². The Hall–Kier alpha value is -1.14. The molecule has 1 aliphatic rings. The summed E-state index contributed by atoms with van der Waals surface area (Å²) in [5.74, 6) is 0.243. The largest absolute Gasteiger partial charge is 0.353 e. The highest BCUT2D eigenvalue weighted by atomic mass is 16.2. The summed E-state index contributed by atoms with van der Waals surface area (Å²) >= 11 is 0. The minimum Gasteiger partial charge on any atom is -0.353 e. The van der Waals surface area contributed by atoms with Crippen LogP contribution < -0.4 is 16.0 Å². The SMILES string of the molecule is CC(C)CC(=O)NC(C(=O)NCCN1CCNCC1)C(C)C. The maximum Gasteiger partial charge on any atom is 0.242 e. The smallest absolute Gasteiger partial charge is 0.242 e. The quantitative estimate of drug-likeness (QED) is 0.598. The minimum absolute atomic E-state index is 0.0500. The molecule has 0 radical (unpaired) electrons. The molecule has 3 N–H and O–H groups in total. The van der Waals surface area contributed by atoms with E-state index in [0.717, 1.165) is 32.7 Å². The van der Waals surface area contributed by atoms with Crippen LogP contribution in [0.15, 0.2) is 0 Å². The van der Waals surface area contributed by atoms with Gasteiger partial charge in [0.05, 0.1) is 0 Å². The Morgan fingerprint density at radius 1 is 1.14 bits per heavy atom. The second kappa shape index (κ2) is 9.79. The van der Waals surface area contributed by atoms with Crippen LogP contribution >= 0.6 is 0 Å². The van der Waals surface area contributed by atoms with Crippen molar-refractivity contribution in [3.05, 3.63) is 0 Å². The normalized spacial score (nSPS) is 17.5. The predicted octanol–water partition coefficient (Wildman–Crippen LogP) is 0.195. The van der Waals surface area contributed by atoms with Gasteiger partial charge in [0, 0.05) is 45.7 Å². The fourth-order valence-electron chi connectivity index (χ4n) is 2.52. The number of nitrogens with one attached hydrogen (secondary N) is 3. The van der Waals surface area contributed by atoms with E-state index in [1.807, 2.05) is 27.7 Å². The van der Waals surface area contributed by atoms with E-state index < -0.39 is 6.04 Å². The fraction of sp³-hybridized carbons (Fsp3) is 0.875. The van der Waals surface area contributed by atoms with Crippen molar-refractivity contribution in [3.8, 4) is 0 Å². The van der Waals surface area contributed by atoms with E-state index in [4.69, 9.17) is 0 Å². The van der Waals surface area contributed by atoms with Crippen molar-refractivity contribution in [3.63, 3.8) is 0 Å². The van der Waals surface area contributed by atoms with Crippen LogP contribution in [0.5, 0.6) is 0 Å². The zero-order valence-corrected chi connectivity index (χ0v) is 14.4. The van der Waals surface area contributed by atoms with Crippen molar-refractivity contribution in [1.82, 2.24) is 20.9 Å². The van der Waals surface area contributed by atoms with Crippen LogP contribution in [-0.4, -0.2) is 62.0 Å². The lowest BCUT2D eigenvalue weighted by Crippen LogP contribution is -2.52. The summed E-state index contributed by atoms with van der Waals surface area (Å²) in [5.41, 5.74) is 0. The number of rotatable bonds is 8. The van der Waals surface area contributed by atoms with Crippen molar-refractivity contribution >= 4 is 11.8 Å². The van der Waals surface area contributed by atoms with Gasteiger partial charge in [-0.3, -0.25) is 14.5 Å². The van der Waals surface area contributed by atoms with E-state index in [-0.39, 0.29) is 17.7 Å². The fourth-order valence-corrected chi connectivity index (χ4v) is 2.52. The molecular formula is C16H32N4O2. The lowest BCUT2D eigenvalue weighted by Gasteiger charge is -2.28. The molecular weight excluding hydrogens is 280 g/mol. The average Bonchev–Trinajstić information content (AvgIpc) is 2.44. The van der Waals surface area contributed by atoms with E-state index in [2.05, 4.69) is 20.9 Å². The minimum atomic E-state index is -0.450. The molecule has 128 valence electrons. The molecule has 0 aromatic heterocycles. The molecule has 6 heteroatoms. The van der Waals surface area contributed by atoms with Gasteiger partial charge >= 0.3 is 0 Å². The van der Waals surface area contributed by atoms with Gasteiger partial charge < -0.3 is 16.0 Å². The van der Waals surface area contributed by atoms with Crippen LogP contribution in [0.1, 0.15) is 34.1 Å². The summed E-state index contributed by atoms with van der Waals surface area (Å²) < 4.78 is 0. The highest BCUT2D eigenvalue weighted by Crippen LogP contribution is 2.05. The van der Waals surface area contributed by atoms with Crippen LogP contribution in [-0.2, 0) is 9.59 Å². The molecule has 1 atom stereocenters. The molecule has 0 bridgehead atoms. The van der Waals surface area contributed by atoms with Crippen molar-refractivity contribution in [1.29, 1.82) is 0 Å². The molecule has 1 saturated heterocycles. The number of hydrogen-bond acceptors (Lipinski definition) is 4. The number of amides is 2. The Kier molecular flexibility index (Phi) is 8.42. The summed E-state index contributed by atoms with van der Waals surface area (Å²) in [7, 11) is 0. The van der Waals surface area contributed by atoms with Gasteiger partial charge in [0.1, 0.15) is 6.04 Å². The second-order valence-corrected chi connectivity index (χ2v) is 6.77. The van der Waals surface area contributed by atoms with E-state index in [1.165, 1.54) is 0 Å². The standard InChI is InChI=1S/C16H32N4O2/c1-12(2)11-14(21)19-15(13(3)4)16(22)18-7-10-20-8-5-17-6-9-20/h12-13,15,17H,5-11H2,1-4H3,(H,18,22)(H,19,21). The third kappa shape index (κ3) is 7.22. The average molecular weight is 312 g/mol. The van der Waals surface area contributed by atoms with Gasteiger partial charge in [-0.1, -0.05) is 27.7 Å². The van der Waals surface area contributed by atoms with E-state index in [0.29, 0.717) is 18.9 Å². The number of carbonyl (C=O) groups excluding carboxylic acids is 2. The summed E-state index contributed by atoms with van der Waals surface area (Å²) in [5, 5.41) is 9.12. The molecule has 2 amide bonds. The predicted molar refractivity (Wildman–Crippen MR) is 88.5 cm³/mol. The number of hydrogen-bond donors (Lipinski definition) is 3. The summed E-state index contributed by atoms with van der Waals surface area (Å²) in [6.45, 7) is 13.5. The molecule has 0 aromatic carbocycles. The Labute approximate surface area is 134 Å². The third-order valence-corrected chi connectivity index (χ3v) is 3.80. The molecule has 1 unspecified atom stereocenters.